The van der Waals surface area contributed by atoms with Gasteiger partial charge in [-0.15, -0.1) is 5.10 Å². The van der Waals surface area contributed by atoms with Gasteiger partial charge in [-0.1, -0.05) is 18.2 Å². The number of nitrogens with zero attached hydrogens (tertiary/aromatic N) is 4. The summed E-state index contributed by atoms with van der Waals surface area (Å²) in [5.74, 6) is 1.62. The molecule has 2 aliphatic rings. The van der Waals surface area contributed by atoms with Crippen LogP contribution < -0.4 is 10.2 Å². The molecule has 2 heterocycles. The second kappa shape index (κ2) is 7.19. The third kappa shape index (κ3) is 4.14. The lowest BCUT2D eigenvalue weighted by Gasteiger charge is -2.34. The normalized spacial score (nSPS) is 18.2. The Morgan fingerprint density at radius 2 is 1.76 bits per heavy atom. The Hall–Kier alpha value is -2.47. The Labute approximate surface area is 147 Å². The maximum atomic E-state index is 12.2. The number of benzene rings is 1. The fraction of sp³-hybridized carbons (Fsp3) is 0.421. The van der Waals surface area contributed by atoms with Crippen molar-refractivity contribution in [2.24, 2.45) is 0 Å². The van der Waals surface area contributed by atoms with Gasteiger partial charge in [-0.2, -0.15) is 5.10 Å². The molecule has 2 fully saturated rings. The predicted molar refractivity (Wildman–Crippen MR) is 97.7 cm³/mol. The van der Waals surface area contributed by atoms with Crippen molar-refractivity contribution in [2.45, 2.75) is 18.8 Å². The van der Waals surface area contributed by atoms with Gasteiger partial charge in [-0.05, 0) is 37.1 Å². The summed E-state index contributed by atoms with van der Waals surface area (Å²) in [5, 5.41) is 11.7. The van der Waals surface area contributed by atoms with Gasteiger partial charge in [-0.25, -0.2) is 0 Å². The van der Waals surface area contributed by atoms with Crippen LogP contribution in [0.3, 0.4) is 0 Å². The van der Waals surface area contributed by atoms with Crippen LogP contribution in [0.4, 0.5) is 11.5 Å². The molecular weight excluding hydrogens is 314 g/mol. The third-order valence-electron chi connectivity index (χ3n) is 4.79. The summed E-state index contributed by atoms with van der Waals surface area (Å²) in [5.41, 5.74) is 1.97. The van der Waals surface area contributed by atoms with E-state index in [-0.39, 0.29) is 5.91 Å². The quantitative estimate of drug-likeness (QED) is 0.905. The minimum atomic E-state index is 0.0354. The number of amides is 1. The summed E-state index contributed by atoms with van der Waals surface area (Å²) in [6.07, 6.45) is 2.50. The number of rotatable bonds is 5. The second-order valence-electron chi connectivity index (χ2n) is 6.77. The van der Waals surface area contributed by atoms with E-state index >= 15 is 0 Å². The fourth-order valence-corrected chi connectivity index (χ4v) is 3.16. The highest BCUT2D eigenvalue weighted by Gasteiger charge is 2.26. The van der Waals surface area contributed by atoms with Crippen molar-refractivity contribution in [2.75, 3.05) is 42.9 Å². The molecule has 1 aliphatic heterocycles. The average molecular weight is 337 g/mol. The molecular formula is C19H23N5O. The van der Waals surface area contributed by atoms with Crippen LogP contribution in [-0.4, -0.2) is 53.7 Å². The first-order valence-electron chi connectivity index (χ1n) is 8.94. The zero-order valence-electron chi connectivity index (χ0n) is 14.3. The zero-order valence-corrected chi connectivity index (χ0v) is 14.3. The molecule has 1 aromatic carbocycles. The van der Waals surface area contributed by atoms with E-state index in [0.717, 1.165) is 43.4 Å². The summed E-state index contributed by atoms with van der Waals surface area (Å²) in [7, 11) is 0. The lowest BCUT2D eigenvalue weighted by Crippen LogP contribution is -2.49. The third-order valence-corrected chi connectivity index (χ3v) is 4.79. The number of carbonyl (C=O) groups is 1. The standard InChI is InChI=1S/C19H23N5O/c25-19(20-16-4-2-1-3-5-16)14-23-10-12-24(13-11-23)18-9-8-17(21-22-18)15-6-7-15/h1-5,8-9,15H,6-7,10-14H2,(H,20,25). The van der Waals surface area contributed by atoms with Crippen molar-refractivity contribution >= 4 is 17.4 Å². The zero-order chi connectivity index (χ0) is 17.1. The molecule has 1 amide bonds. The van der Waals surface area contributed by atoms with Gasteiger partial charge in [0.1, 0.15) is 0 Å². The van der Waals surface area contributed by atoms with E-state index < -0.39 is 0 Å². The average Bonchev–Trinajstić information content (AvgIpc) is 3.48. The molecule has 1 aromatic heterocycles. The van der Waals surface area contributed by atoms with Crippen LogP contribution in [0, 0.1) is 0 Å². The summed E-state index contributed by atoms with van der Waals surface area (Å²) in [4.78, 5) is 16.6. The number of hydrogen-bond acceptors (Lipinski definition) is 5. The van der Waals surface area contributed by atoms with Crippen molar-refractivity contribution in [3.05, 3.63) is 48.2 Å². The predicted octanol–water partition coefficient (Wildman–Crippen LogP) is 2.11. The lowest BCUT2D eigenvalue weighted by molar-refractivity contribution is -0.117. The van der Waals surface area contributed by atoms with Crippen LogP contribution in [0.1, 0.15) is 24.5 Å². The van der Waals surface area contributed by atoms with Gasteiger partial charge in [0.25, 0.3) is 0 Å². The summed E-state index contributed by atoms with van der Waals surface area (Å²) in [6.45, 7) is 3.88. The molecule has 130 valence electrons. The Morgan fingerprint density at radius 3 is 2.40 bits per heavy atom. The van der Waals surface area contributed by atoms with Crippen molar-refractivity contribution in [3.8, 4) is 0 Å². The molecule has 4 rings (SSSR count). The number of para-hydroxylation sites is 1. The first kappa shape index (κ1) is 16.0. The summed E-state index contributed by atoms with van der Waals surface area (Å²) in [6, 6.07) is 13.8. The molecule has 2 aromatic rings. The molecule has 1 saturated heterocycles. The molecule has 25 heavy (non-hydrogen) atoms. The molecule has 0 unspecified atom stereocenters. The van der Waals surface area contributed by atoms with Crippen LogP contribution >= 0.6 is 0 Å². The molecule has 0 radical (unpaired) electrons. The van der Waals surface area contributed by atoms with Crippen LogP contribution in [-0.2, 0) is 4.79 Å². The van der Waals surface area contributed by atoms with Crippen LogP contribution in [0.25, 0.3) is 0 Å². The van der Waals surface area contributed by atoms with Gasteiger partial charge in [0.15, 0.2) is 5.82 Å². The van der Waals surface area contributed by atoms with Crippen molar-refractivity contribution in [3.63, 3.8) is 0 Å². The topological polar surface area (TPSA) is 61.4 Å². The van der Waals surface area contributed by atoms with Gasteiger partial charge < -0.3 is 10.2 Å². The Balaban J connectivity index is 1.25. The fourth-order valence-electron chi connectivity index (χ4n) is 3.16. The van der Waals surface area contributed by atoms with Gasteiger partial charge in [0.05, 0.1) is 12.2 Å². The molecule has 6 nitrogen and oxygen atoms in total. The number of anilines is 2. The Bertz CT molecular complexity index is 706. The molecule has 0 spiro atoms. The molecule has 1 saturated carbocycles. The smallest absolute Gasteiger partial charge is 0.238 e. The van der Waals surface area contributed by atoms with Crippen molar-refractivity contribution in [1.82, 2.24) is 15.1 Å². The number of carbonyl (C=O) groups excluding carboxylic acids is 1. The molecule has 1 aliphatic carbocycles. The van der Waals surface area contributed by atoms with Gasteiger partial charge >= 0.3 is 0 Å². The van der Waals surface area contributed by atoms with Crippen LogP contribution in [0.15, 0.2) is 42.5 Å². The number of nitrogens with one attached hydrogen (secondary N) is 1. The van der Waals surface area contributed by atoms with Crippen molar-refractivity contribution in [1.29, 1.82) is 0 Å². The highest BCUT2D eigenvalue weighted by Crippen LogP contribution is 2.38. The van der Waals surface area contributed by atoms with Crippen molar-refractivity contribution < 1.29 is 4.79 Å². The first-order valence-corrected chi connectivity index (χ1v) is 8.94. The van der Waals surface area contributed by atoms with Gasteiger partial charge in [0.2, 0.25) is 5.91 Å². The second-order valence-corrected chi connectivity index (χ2v) is 6.77. The monoisotopic (exact) mass is 337 g/mol. The largest absolute Gasteiger partial charge is 0.353 e. The van der Waals surface area contributed by atoms with E-state index in [1.165, 1.54) is 12.8 Å². The molecule has 0 bridgehead atoms. The Morgan fingerprint density at radius 1 is 1.00 bits per heavy atom. The van der Waals surface area contributed by atoms with E-state index in [4.69, 9.17) is 0 Å². The molecule has 0 atom stereocenters. The van der Waals surface area contributed by atoms with E-state index in [9.17, 15) is 4.79 Å². The number of aromatic nitrogens is 2. The summed E-state index contributed by atoms with van der Waals surface area (Å²) >= 11 is 0. The van der Waals surface area contributed by atoms with E-state index in [1.807, 2.05) is 30.3 Å². The van der Waals surface area contributed by atoms with Crippen LogP contribution in [0.5, 0.6) is 0 Å². The van der Waals surface area contributed by atoms with Crippen LogP contribution in [0.2, 0.25) is 0 Å². The minimum absolute atomic E-state index is 0.0354. The van der Waals surface area contributed by atoms with E-state index in [1.54, 1.807) is 0 Å². The van der Waals surface area contributed by atoms with E-state index in [2.05, 4.69) is 37.4 Å². The van der Waals surface area contributed by atoms with E-state index in [0.29, 0.717) is 12.5 Å². The number of piperazine rings is 1. The minimum Gasteiger partial charge on any atom is -0.353 e. The van der Waals surface area contributed by atoms with Gasteiger partial charge in [-0.3, -0.25) is 9.69 Å². The molecule has 1 N–H and O–H groups in total. The maximum absolute atomic E-state index is 12.2. The first-order chi connectivity index (χ1) is 12.3. The highest BCUT2D eigenvalue weighted by molar-refractivity contribution is 5.92. The summed E-state index contributed by atoms with van der Waals surface area (Å²) < 4.78 is 0. The van der Waals surface area contributed by atoms with Gasteiger partial charge in [0, 0.05) is 37.8 Å². The highest BCUT2D eigenvalue weighted by atomic mass is 16.2. The number of hydrogen-bond donors (Lipinski definition) is 1. The lowest BCUT2D eigenvalue weighted by atomic mass is 10.2. The molecule has 6 heteroatoms. The maximum Gasteiger partial charge on any atom is 0.238 e. The Kier molecular flexibility index (Phi) is 4.61. The SMILES string of the molecule is O=C(CN1CCN(c2ccc(C3CC3)nn2)CC1)Nc1ccccc1.